The summed E-state index contributed by atoms with van der Waals surface area (Å²) in [5, 5.41) is 5.88. The van der Waals surface area contributed by atoms with E-state index in [4.69, 9.17) is 5.73 Å². The predicted molar refractivity (Wildman–Crippen MR) is 75.5 cm³/mol. The highest BCUT2D eigenvalue weighted by Gasteiger charge is 2.17. The van der Waals surface area contributed by atoms with Crippen LogP contribution in [0.3, 0.4) is 0 Å². The van der Waals surface area contributed by atoms with E-state index in [1.807, 2.05) is 5.38 Å². The molecule has 102 valence electrons. The monoisotopic (exact) mass is 269 g/mol. The molecule has 1 unspecified atom stereocenters. The Kier molecular flexibility index (Phi) is 5.75. The van der Waals surface area contributed by atoms with Crippen LogP contribution >= 0.6 is 11.3 Å². The number of carbonyl (C=O) groups is 1. The first-order valence-corrected chi connectivity index (χ1v) is 7.15. The molecule has 0 saturated heterocycles. The molecule has 0 bridgehead atoms. The Hall–Kier alpha value is -0.940. The van der Waals surface area contributed by atoms with Gasteiger partial charge in [0.2, 0.25) is 5.91 Å². The smallest absolute Gasteiger partial charge is 0.221 e. The van der Waals surface area contributed by atoms with E-state index in [-0.39, 0.29) is 17.4 Å². The molecule has 0 aliphatic heterocycles. The molecule has 0 spiro atoms. The van der Waals surface area contributed by atoms with Gasteiger partial charge in [-0.1, -0.05) is 20.8 Å². The molecular formula is C13H23N3OS. The van der Waals surface area contributed by atoms with Crippen molar-refractivity contribution in [2.24, 2.45) is 11.1 Å². The lowest BCUT2D eigenvalue weighted by Gasteiger charge is -2.22. The number of rotatable bonds is 6. The second-order valence-corrected chi connectivity index (χ2v) is 6.73. The average Bonchev–Trinajstić information content (AvgIpc) is 2.66. The average molecular weight is 269 g/mol. The highest BCUT2D eigenvalue weighted by atomic mass is 32.1. The third-order valence-electron chi connectivity index (χ3n) is 2.47. The van der Waals surface area contributed by atoms with Crippen LogP contribution in [-0.2, 0) is 11.2 Å². The van der Waals surface area contributed by atoms with Crippen molar-refractivity contribution in [3.63, 3.8) is 0 Å². The molecule has 1 rings (SSSR count). The Morgan fingerprint density at radius 3 is 2.83 bits per heavy atom. The molecule has 0 aromatic carbocycles. The van der Waals surface area contributed by atoms with Gasteiger partial charge in [-0.2, -0.15) is 0 Å². The lowest BCUT2D eigenvalue weighted by Crippen LogP contribution is -2.34. The standard InChI is InChI=1S/C13H23N3OS/c1-13(2,3)9-10(14)8-11(17)15-5-4-12-16-6-7-18-12/h6-7,10H,4-5,8-9,14H2,1-3H3,(H,15,17). The molecule has 18 heavy (non-hydrogen) atoms. The summed E-state index contributed by atoms with van der Waals surface area (Å²) in [5.74, 6) is 0.0308. The molecule has 0 radical (unpaired) electrons. The molecule has 0 aliphatic carbocycles. The van der Waals surface area contributed by atoms with E-state index in [2.05, 4.69) is 31.1 Å². The van der Waals surface area contributed by atoms with Crippen molar-refractivity contribution in [1.82, 2.24) is 10.3 Å². The van der Waals surface area contributed by atoms with E-state index in [1.54, 1.807) is 17.5 Å². The summed E-state index contributed by atoms with van der Waals surface area (Å²) in [5.41, 5.74) is 6.12. The van der Waals surface area contributed by atoms with Crippen molar-refractivity contribution in [3.05, 3.63) is 16.6 Å². The van der Waals surface area contributed by atoms with Crippen molar-refractivity contribution in [2.45, 2.75) is 46.1 Å². The van der Waals surface area contributed by atoms with Gasteiger partial charge in [0.25, 0.3) is 0 Å². The lowest BCUT2D eigenvalue weighted by molar-refractivity contribution is -0.121. The number of nitrogens with zero attached hydrogens (tertiary/aromatic N) is 1. The van der Waals surface area contributed by atoms with Gasteiger partial charge < -0.3 is 11.1 Å². The van der Waals surface area contributed by atoms with Crippen LogP contribution in [0.5, 0.6) is 0 Å². The number of thiazole rings is 1. The number of nitrogens with one attached hydrogen (secondary N) is 1. The zero-order chi connectivity index (χ0) is 13.6. The van der Waals surface area contributed by atoms with Gasteiger partial charge in [0.1, 0.15) is 0 Å². The van der Waals surface area contributed by atoms with Crippen molar-refractivity contribution in [2.75, 3.05) is 6.54 Å². The topological polar surface area (TPSA) is 68.0 Å². The summed E-state index contributed by atoms with van der Waals surface area (Å²) < 4.78 is 0. The normalized spacial score (nSPS) is 13.3. The number of nitrogens with two attached hydrogens (primary N) is 1. The Balaban J connectivity index is 2.17. The zero-order valence-corrected chi connectivity index (χ0v) is 12.2. The van der Waals surface area contributed by atoms with Crippen molar-refractivity contribution in [1.29, 1.82) is 0 Å². The van der Waals surface area contributed by atoms with Crippen LogP contribution in [0.25, 0.3) is 0 Å². The van der Waals surface area contributed by atoms with E-state index in [0.717, 1.165) is 17.8 Å². The molecule has 1 amide bonds. The molecule has 0 fully saturated rings. The minimum absolute atomic E-state index is 0.0308. The molecular weight excluding hydrogens is 246 g/mol. The highest BCUT2D eigenvalue weighted by molar-refractivity contribution is 7.09. The second-order valence-electron chi connectivity index (χ2n) is 5.75. The second kappa shape index (κ2) is 6.85. The summed E-state index contributed by atoms with van der Waals surface area (Å²) in [6.45, 7) is 7.03. The molecule has 1 atom stereocenters. The summed E-state index contributed by atoms with van der Waals surface area (Å²) in [6.07, 6.45) is 3.82. The first-order chi connectivity index (χ1) is 8.37. The molecule has 0 aliphatic rings. The van der Waals surface area contributed by atoms with E-state index in [1.165, 1.54) is 0 Å². The van der Waals surface area contributed by atoms with Gasteiger partial charge in [-0.05, 0) is 11.8 Å². The first-order valence-electron chi connectivity index (χ1n) is 6.27. The lowest BCUT2D eigenvalue weighted by atomic mass is 9.87. The summed E-state index contributed by atoms with van der Waals surface area (Å²) in [6, 6.07) is -0.0649. The van der Waals surface area contributed by atoms with Crippen LogP contribution in [0.2, 0.25) is 0 Å². The fraction of sp³-hybridized carbons (Fsp3) is 0.692. The molecule has 4 nitrogen and oxygen atoms in total. The third-order valence-corrected chi connectivity index (χ3v) is 3.31. The molecule has 0 saturated carbocycles. The molecule has 1 heterocycles. The number of aromatic nitrogens is 1. The van der Waals surface area contributed by atoms with Crippen LogP contribution in [0.15, 0.2) is 11.6 Å². The Bertz CT molecular complexity index is 357. The van der Waals surface area contributed by atoms with Gasteiger partial charge >= 0.3 is 0 Å². The van der Waals surface area contributed by atoms with Gasteiger partial charge in [-0.25, -0.2) is 4.98 Å². The van der Waals surface area contributed by atoms with Gasteiger partial charge in [-0.3, -0.25) is 4.79 Å². The molecule has 1 aromatic heterocycles. The minimum atomic E-state index is -0.0649. The quantitative estimate of drug-likeness (QED) is 0.829. The zero-order valence-electron chi connectivity index (χ0n) is 11.4. The van der Waals surface area contributed by atoms with Crippen LogP contribution in [0.1, 0.15) is 38.6 Å². The van der Waals surface area contributed by atoms with Crippen LogP contribution in [-0.4, -0.2) is 23.5 Å². The Labute approximate surface area is 113 Å². The number of hydrogen-bond acceptors (Lipinski definition) is 4. The van der Waals surface area contributed by atoms with Crippen molar-refractivity contribution >= 4 is 17.2 Å². The molecule has 5 heteroatoms. The van der Waals surface area contributed by atoms with Gasteiger partial charge in [-0.15, -0.1) is 11.3 Å². The maximum atomic E-state index is 11.7. The largest absolute Gasteiger partial charge is 0.356 e. The minimum Gasteiger partial charge on any atom is -0.356 e. The maximum Gasteiger partial charge on any atom is 0.221 e. The number of amides is 1. The highest BCUT2D eigenvalue weighted by Crippen LogP contribution is 2.20. The fourth-order valence-corrected chi connectivity index (χ4v) is 2.47. The summed E-state index contributed by atoms with van der Waals surface area (Å²) in [4.78, 5) is 15.8. The van der Waals surface area contributed by atoms with E-state index in [0.29, 0.717) is 13.0 Å². The van der Waals surface area contributed by atoms with E-state index >= 15 is 0 Å². The van der Waals surface area contributed by atoms with E-state index < -0.39 is 0 Å². The Morgan fingerprint density at radius 1 is 1.56 bits per heavy atom. The van der Waals surface area contributed by atoms with Gasteiger partial charge in [0, 0.05) is 37.0 Å². The summed E-state index contributed by atoms with van der Waals surface area (Å²) >= 11 is 1.61. The Morgan fingerprint density at radius 2 is 2.28 bits per heavy atom. The van der Waals surface area contributed by atoms with Crippen LogP contribution in [0, 0.1) is 5.41 Å². The first kappa shape index (κ1) is 15.1. The SMILES string of the molecule is CC(C)(C)CC(N)CC(=O)NCCc1nccs1. The molecule has 1 aromatic rings. The van der Waals surface area contributed by atoms with Gasteiger partial charge in [0.15, 0.2) is 0 Å². The van der Waals surface area contributed by atoms with Crippen LogP contribution < -0.4 is 11.1 Å². The van der Waals surface area contributed by atoms with Crippen LogP contribution in [0.4, 0.5) is 0 Å². The van der Waals surface area contributed by atoms with Crippen molar-refractivity contribution in [3.8, 4) is 0 Å². The van der Waals surface area contributed by atoms with Crippen molar-refractivity contribution < 1.29 is 4.79 Å². The predicted octanol–water partition coefficient (Wildman–Crippen LogP) is 1.96. The number of hydrogen-bond donors (Lipinski definition) is 2. The third kappa shape index (κ3) is 6.71. The summed E-state index contributed by atoms with van der Waals surface area (Å²) in [7, 11) is 0. The maximum absolute atomic E-state index is 11.7. The van der Waals surface area contributed by atoms with Gasteiger partial charge in [0.05, 0.1) is 5.01 Å². The fourth-order valence-electron chi connectivity index (χ4n) is 1.85. The molecule has 3 N–H and O–H groups in total. The van der Waals surface area contributed by atoms with E-state index in [9.17, 15) is 4.79 Å². The number of carbonyl (C=O) groups excluding carboxylic acids is 1.